The molecule has 2 atom stereocenters. The summed E-state index contributed by atoms with van der Waals surface area (Å²) in [6.45, 7) is 1.35. The number of oxazole rings is 1. The van der Waals surface area contributed by atoms with Crippen LogP contribution in [0.2, 0.25) is 0 Å². The van der Waals surface area contributed by atoms with Gasteiger partial charge in [-0.25, -0.2) is 4.98 Å². The van der Waals surface area contributed by atoms with Gasteiger partial charge in [-0.05, 0) is 30.5 Å². The molecule has 3 heterocycles. The number of hydrogen-bond acceptors (Lipinski definition) is 5. The van der Waals surface area contributed by atoms with Crippen molar-refractivity contribution < 1.29 is 14.0 Å². The number of aromatic nitrogens is 1. The van der Waals surface area contributed by atoms with Crippen molar-refractivity contribution in [2.75, 3.05) is 13.1 Å². The standard InChI is InChI=1S/C23H23N3O3/c27-23(21-14-18(25-29-21)13-16-7-2-1-3-8-16)26-12-6-9-17(15-26)22-24-19-10-4-5-11-20(19)28-22/h1-5,7-8,10-11,17,21H,6,9,12-15H2/t17-,21+/m1/s1. The van der Waals surface area contributed by atoms with E-state index in [0.29, 0.717) is 13.0 Å². The molecule has 1 fully saturated rings. The summed E-state index contributed by atoms with van der Waals surface area (Å²) < 4.78 is 5.94. The van der Waals surface area contributed by atoms with Crippen molar-refractivity contribution in [3.63, 3.8) is 0 Å². The topological polar surface area (TPSA) is 67.9 Å². The van der Waals surface area contributed by atoms with Crippen LogP contribution in [-0.2, 0) is 16.1 Å². The SMILES string of the molecule is O=C([C@@H]1CC(Cc2ccccc2)=NO1)N1CCC[C@@H](c2nc3ccccc3o2)C1. The highest BCUT2D eigenvalue weighted by Gasteiger charge is 2.35. The van der Waals surface area contributed by atoms with E-state index in [1.54, 1.807) is 0 Å². The number of nitrogens with zero attached hydrogens (tertiary/aromatic N) is 3. The zero-order valence-electron chi connectivity index (χ0n) is 16.2. The first kappa shape index (κ1) is 17.9. The average molecular weight is 389 g/mol. The highest BCUT2D eigenvalue weighted by Crippen LogP contribution is 2.30. The summed E-state index contributed by atoms with van der Waals surface area (Å²) in [6, 6.07) is 17.9. The van der Waals surface area contributed by atoms with Crippen molar-refractivity contribution >= 4 is 22.7 Å². The fourth-order valence-electron chi connectivity index (χ4n) is 4.14. The van der Waals surface area contributed by atoms with Gasteiger partial charge in [0.1, 0.15) is 5.52 Å². The zero-order valence-corrected chi connectivity index (χ0v) is 16.2. The van der Waals surface area contributed by atoms with Gasteiger partial charge < -0.3 is 14.2 Å². The summed E-state index contributed by atoms with van der Waals surface area (Å²) in [4.78, 5) is 25.0. The van der Waals surface area contributed by atoms with E-state index in [1.165, 1.54) is 5.56 Å². The molecule has 5 rings (SSSR count). The summed E-state index contributed by atoms with van der Waals surface area (Å²) in [6.07, 6.45) is 2.65. The first-order valence-electron chi connectivity index (χ1n) is 10.2. The van der Waals surface area contributed by atoms with Crippen molar-refractivity contribution in [2.24, 2.45) is 5.16 Å². The average Bonchev–Trinajstić information content (AvgIpc) is 3.41. The fourth-order valence-corrected chi connectivity index (χ4v) is 4.14. The molecule has 1 aromatic heterocycles. The Balaban J connectivity index is 1.22. The number of para-hydroxylation sites is 2. The Hall–Kier alpha value is -3.15. The molecule has 2 aliphatic rings. The summed E-state index contributed by atoms with van der Waals surface area (Å²) in [7, 11) is 0. The summed E-state index contributed by atoms with van der Waals surface area (Å²) in [5.41, 5.74) is 3.76. The van der Waals surface area contributed by atoms with E-state index in [9.17, 15) is 4.79 Å². The molecule has 0 aliphatic carbocycles. The van der Waals surface area contributed by atoms with Gasteiger partial charge in [0, 0.05) is 25.9 Å². The van der Waals surface area contributed by atoms with Crippen LogP contribution in [0.1, 0.15) is 36.6 Å². The van der Waals surface area contributed by atoms with Crippen LogP contribution in [-0.4, -0.2) is 40.7 Å². The van der Waals surface area contributed by atoms with E-state index in [1.807, 2.05) is 47.4 Å². The van der Waals surface area contributed by atoms with E-state index < -0.39 is 6.10 Å². The molecule has 29 heavy (non-hydrogen) atoms. The lowest BCUT2D eigenvalue weighted by atomic mass is 9.97. The van der Waals surface area contributed by atoms with Crippen LogP contribution in [0.4, 0.5) is 0 Å². The predicted octanol–water partition coefficient (Wildman–Crippen LogP) is 3.92. The molecule has 0 bridgehead atoms. The van der Waals surface area contributed by atoms with Gasteiger partial charge in [-0.1, -0.05) is 47.6 Å². The molecule has 3 aromatic rings. The van der Waals surface area contributed by atoms with Gasteiger partial charge in [0.2, 0.25) is 6.10 Å². The number of amides is 1. The molecule has 2 aromatic carbocycles. The summed E-state index contributed by atoms with van der Waals surface area (Å²) >= 11 is 0. The molecule has 6 heteroatoms. The van der Waals surface area contributed by atoms with Crippen molar-refractivity contribution in [3.05, 3.63) is 66.1 Å². The van der Waals surface area contributed by atoms with Gasteiger partial charge >= 0.3 is 0 Å². The van der Waals surface area contributed by atoms with E-state index in [0.717, 1.165) is 48.5 Å². The predicted molar refractivity (Wildman–Crippen MR) is 110 cm³/mol. The Kier molecular flexibility index (Phi) is 4.76. The molecule has 148 valence electrons. The maximum atomic E-state index is 13.0. The van der Waals surface area contributed by atoms with Gasteiger partial charge in [-0.3, -0.25) is 4.79 Å². The molecule has 1 saturated heterocycles. The second kappa shape index (κ2) is 7.70. The number of carbonyl (C=O) groups is 1. The fraction of sp³-hybridized carbons (Fsp3) is 0.348. The van der Waals surface area contributed by atoms with Crippen LogP contribution >= 0.6 is 0 Å². The summed E-state index contributed by atoms with van der Waals surface area (Å²) in [5, 5.41) is 4.17. The number of fused-ring (bicyclic) bond motifs is 1. The Bertz CT molecular complexity index is 1010. The zero-order chi connectivity index (χ0) is 19.6. The first-order chi connectivity index (χ1) is 14.3. The Morgan fingerprint density at radius 3 is 2.79 bits per heavy atom. The number of rotatable bonds is 4. The number of carbonyl (C=O) groups excluding carboxylic acids is 1. The minimum absolute atomic E-state index is 0.0117. The Morgan fingerprint density at radius 2 is 1.93 bits per heavy atom. The second-order valence-corrected chi connectivity index (χ2v) is 7.76. The monoisotopic (exact) mass is 389 g/mol. The van der Waals surface area contributed by atoms with Crippen LogP contribution in [0, 0.1) is 0 Å². The molecule has 0 saturated carbocycles. The molecule has 1 amide bonds. The third kappa shape index (κ3) is 3.75. The van der Waals surface area contributed by atoms with Gasteiger partial charge in [0.05, 0.1) is 11.6 Å². The van der Waals surface area contributed by atoms with E-state index in [4.69, 9.17) is 9.25 Å². The van der Waals surface area contributed by atoms with Crippen molar-refractivity contribution in [1.82, 2.24) is 9.88 Å². The number of likely N-dealkylation sites (tertiary alicyclic amines) is 1. The third-order valence-electron chi connectivity index (χ3n) is 5.65. The van der Waals surface area contributed by atoms with Crippen molar-refractivity contribution in [2.45, 2.75) is 37.7 Å². The number of oxime groups is 1. The van der Waals surface area contributed by atoms with Gasteiger partial charge in [-0.15, -0.1) is 0 Å². The van der Waals surface area contributed by atoms with Gasteiger partial charge in [0.15, 0.2) is 11.5 Å². The maximum absolute atomic E-state index is 13.0. The van der Waals surface area contributed by atoms with Gasteiger partial charge in [-0.2, -0.15) is 0 Å². The Labute approximate surface area is 169 Å². The lowest BCUT2D eigenvalue weighted by Gasteiger charge is -2.32. The molecular weight excluding hydrogens is 366 g/mol. The van der Waals surface area contributed by atoms with Crippen LogP contribution in [0.5, 0.6) is 0 Å². The van der Waals surface area contributed by atoms with Crippen LogP contribution in [0.15, 0.2) is 64.2 Å². The van der Waals surface area contributed by atoms with E-state index >= 15 is 0 Å². The van der Waals surface area contributed by atoms with E-state index in [2.05, 4.69) is 22.3 Å². The molecule has 0 radical (unpaired) electrons. The molecule has 6 nitrogen and oxygen atoms in total. The minimum atomic E-state index is -0.518. The molecule has 0 unspecified atom stereocenters. The quantitative estimate of drug-likeness (QED) is 0.678. The maximum Gasteiger partial charge on any atom is 0.266 e. The number of hydrogen-bond donors (Lipinski definition) is 0. The number of piperidine rings is 1. The lowest BCUT2D eigenvalue weighted by Crippen LogP contribution is -2.44. The van der Waals surface area contributed by atoms with E-state index in [-0.39, 0.29) is 11.8 Å². The van der Waals surface area contributed by atoms with Crippen LogP contribution < -0.4 is 0 Å². The first-order valence-corrected chi connectivity index (χ1v) is 10.2. The highest BCUT2D eigenvalue weighted by atomic mass is 16.6. The molecule has 2 aliphatic heterocycles. The Morgan fingerprint density at radius 1 is 1.10 bits per heavy atom. The van der Waals surface area contributed by atoms with Crippen LogP contribution in [0.3, 0.4) is 0 Å². The molecule has 0 spiro atoms. The largest absolute Gasteiger partial charge is 0.440 e. The minimum Gasteiger partial charge on any atom is -0.440 e. The lowest BCUT2D eigenvalue weighted by molar-refractivity contribution is -0.143. The normalized spacial score (nSPS) is 21.8. The third-order valence-corrected chi connectivity index (χ3v) is 5.65. The second-order valence-electron chi connectivity index (χ2n) is 7.76. The van der Waals surface area contributed by atoms with Crippen LogP contribution in [0.25, 0.3) is 11.1 Å². The highest BCUT2D eigenvalue weighted by molar-refractivity contribution is 5.94. The van der Waals surface area contributed by atoms with Crippen molar-refractivity contribution in [1.29, 1.82) is 0 Å². The number of benzene rings is 2. The molecule has 0 N–H and O–H groups in total. The van der Waals surface area contributed by atoms with Gasteiger partial charge in [0.25, 0.3) is 5.91 Å². The van der Waals surface area contributed by atoms with Crippen molar-refractivity contribution in [3.8, 4) is 0 Å². The smallest absolute Gasteiger partial charge is 0.266 e. The molecular formula is C23H23N3O3. The summed E-state index contributed by atoms with van der Waals surface area (Å²) in [5.74, 6) is 0.848.